The highest BCUT2D eigenvalue weighted by Gasteiger charge is 2.95. The third-order valence-corrected chi connectivity index (χ3v) is 3.29. The van der Waals surface area contributed by atoms with Crippen LogP contribution in [0.4, 0.5) is 74.6 Å². The molecule has 0 unspecified atom stereocenters. The first-order chi connectivity index (χ1) is 11.8. The molecule has 0 aliphatic rings. The van der Waals surface area contributed by atoms with Crippen LogP contribution in [0.3, 0.4) is 0 Å². The number of thiocarbonyl (C=S) groups is 1. The van der Waals surface area contributed by atoms with Gasteiger partial charge in [-0.3, -0.25) is 0 Å². The molecule has 0 aromatic rings. The van der Waals surface area contributed by atoms with Crippen LogP contribution in [0.2, 0.25) is 0 Å². The fraction of sp³-hybridized carbons (Fsp3) is 0.900. The summed E-state index contributed by atoms with van der Waals surface area (Å²) in [6.45, 7) is 0. The van der Waals surface area contributed by atoms with Crippen molar-refractivity contribution in [1.29, 1.82) is 0 Å². The summed E-state index contributed by atoms with van der Waals surface area (Å²) < 4.78 is 217. The van der Waals surface area contributed by atoms with Crippen molar-refractivity contribution in [3.05, 3.63) is 0 Å². The van der Waals surface area contributed by atoms with E-state index in [2.05, 4.69) is 12.2 Å². The zero-order chi connectivity index (χ0) is 23.4. The molecule has 0 fully saturated rings. The lowest BCUT2D eigenvalue weighted by atomic mass is 9.88. The fourth-order valence-corrected chi connectivity index (χ4v) is 1.64. The highest BCUT2D eigenvalue weighted by Crippen LogP contribution is 2.64. The summed E-state index contributed by atoms with van der Waals surface area (Å²) in [4.78, 5) is 0. The molecule has 168 valence electrons. The second-order valence-electron chi connectivity index (χ2n) is 5.02. The lowest BCUT2D eigenvalue weighted by Crippen LogP contribution is -2.74. The van der Waals surface area contributed by atoms with Gasteiger partial charge in [0, 0.05) is 6.42 Å². The standard InChI is InChI=1S/C10H3F17S/c11-3(12,1-2-28)4(13,14)5(15,16)6(17,18)7(19,20)8(21,22)9(23,24)10(25,26)27/h2H,1H2. The van der Waals surface area contributed by atoms with Crippen molar-refractivity contribution in [2.45, 2.75) is 54.1 Å². The molecular weight excluding hydrogens is 475 g/mol. The molecule has 0 radical (unpaired) electrons. The summed E-state index contributed by atoms with van der Waals surface area (Å²) >= 11 is 3.54. The summed E-state index contributed by atoms with van der Waals surface area (Å²) in [5.41, 5.74) is 0. The van der Waals surface area contributed by atoms with Crippen LogP contribution in [0.15, 0.2) is 0 Å². The van der Waals surface area contributed by atoms with Crippen molar-refractivity contribution in [2.24, 2.45) is 0 Å². The van der Waals surface area contributed by atoms with Gasteiger partial charge in [-0.1, -0.05) is 12.2 Å². The number of hydrogen-bond donors (Lipinski definition) is 0. The molecule has 0 atom stereocenters. The van der Waals surface area contributed by atoms with Gasteiger partial charge in [-0.05, 0) is 5.37 Å². The van der Waals surface area contributed by atoms with E-state index >= 15 is 0 Å². The first-order valence-electron chi connectivity index (χ1n) is 5.96. The summed E-state index contributed by atoms with van der Waals surface area (Å²) in [7, 11) is 0. The largest absolute Gasteiger partial charge is 0.460 e. The van der Waals surface area contributed by atoms with Crippen LogP contribution < -0.4 is 0 Å². The van der Waals surface area contributed by atoms with E-state index in [1.165, 1.54) is 0 Å². The first-order valence-corrected chi connectivity index (χ1v) is 6.43. The Morgan fingerprint density at radius 2 is 0.679 bits per heavy atom. The molecule has 0 aliphatic heterocycles. The van der Waals surface area contributed by atoms with Crippen LogP contribution in [0.25, 0.3) is 0 Å². The maximum atomic E-state index is 13.1. The maximum absolute atomic E-state index is 13.1. The highest BCUT2D eigenvalue weighted by molar-refractivity contribution is 7.78. The Hall–Kier alpha value is -1.10. The van der Waals surface area contributed by atoms with Gasteiger partial charge in [-0.2, -0.15) is 74.6 Å². The van der Waals surface area contributed by atoms with Crippen molar-refractivity contribution < 1.29 is 74.6 Å². The van der Waals surface area contributed by atoms with Gasteiger partial charge in [0.05, 0.1) is 0 Å². The average molecular weight is 478 g/mol. The Balaban J connectivity index is 6.67. The molecule has 0 amide bonds. The molecule has 0 aliphatic carbocycles. The minimum Gasteiger partial charge on any atom is -0.199 e. The molecular formula is C10H3F17S. The van der Waals surface area contributed by atoms with Crippen LogP contribution >= 0.6 is 12.2 Å². The molecule has 0 N–H and O–H groups in total. The smallest absolute Gasteiger partial charge is 0.199 e. The average Bonchev–Trinajstić information content (AvgIpc) is 2.44. The summed E-state index contributed by atoms with van der Waals surface area (Å²) in [6.07, 6.45) is -10.4. The van der Waals surface area contributed by atoms with Gasteiger partial charge in [0.1, 0.15) is 0 Å². The van der Waals surface area contributed by atoms with E-state index in [4.69, 9.17) is 0 Å². The Morgan fingerprint density at radius 1 is 0.429 bits per heavy atom. The Labute approximate surface area is 147 Å². The Bertz CT molecular complexity index is 585. The second kappa shape index (κ2) is 6.72. The predicted octanol–water partition coefficient (Wildman–Crippen LogP) is 6.39. The molecule has 0 saturated heterocycles. The van der Waals surface area contributed by atoms with Gasteiger partial charge in [0.2, 0.25) is 0 Å². The zero-order valence-electron chi connectivity index (χ0n) is 12.1. The zero-order valence-corrected chi connectivity index (χ0v) is 12.9. The third-order valence-electron chi connectivity index (χ3n) is 3.13. The fourth-order valence-electron chi connectivity index (χ4n) is 1.43. The third kappa shape index (κ3) is 3.28. The minimum atomic E-state index is -8.60. The topological polar surface area (TPSA) is 0 Å². The van der Waals surface area contributed by atoms with Crippen molar-refractivity contribution in [2.75, 3.05) is 0 Å². The van der Waals surface area contributed by atoms with E-state index in [1.54, 1.807) is 0 Å². The van der Waals surface area contributed by atoms with Gasteiger partial charge < -0.3 is 0 Å². The summed E-state index contributed by atoms with van der Waals surface area (Å²) in [5, 5.41) is -0.479. The molecule has 0 spiro atoms. The van der Waals surface area contributed by atoms with Gasteiger partial charge in [0.15, 0.2) is 0 Å². The number of alkyl halides is 17. The molecule has 0 nitrogen and oxygen atoms in total. The lowest BCUT2D eigenvalue weighted by molar-refractivity contribution is -0.461. The van der Waals surface area contributed by atoms with Gasteiger partial charge in [-0.15, -0.1) is 0 Å². The molecule has 0 aromatic heterocycles. The van der Waals surface area contributed by atoms with Gasteiger partial charge in [-0.25, -0.2) is 0 Å². The van der Waals surface area contributed by atoms with Gasteiger partial charge >= 0.3 is 47.6 Å². The van der Waals surface area contributed by atoms with E-state index < -0.39 is 59.4 Å². The summed E-state index contributed by atoms with van der Waals surface area (Å²) in [5.74, 6) is -56.1. The highest BCUT2D eigenvalue weighted by atomic mass is 32.1. The van der Waals surface area contributed by atoms with E-state index in [0.29, 0.717) is 0 Å². The first kappa shape index (κ1) is 26.9. The Kier molecular flexibility index (Phi) is 6.45. The molecule has 0 aromatic carbocycles. The molecule has 0 rings (SSSR count). The van der Waals surface area contributed by atoms with Crippen LogP contribution in [-0.4, -0.2) is 53.0 Å². The van der Waals surface area contributed by atoms with E-state index in [9.17, 15) is 74.6 Å². The van der Waals surface area contributed by atoms with Gasteiger partial charge in [0.25, 0.3) is 0 Å². The molecule has 0 bridgehead atoms. The number of halogens is 17. The van der Waals surface area contributed by atoms with Crippen LogP contribution in [0.5, 0.6) is 0 Å². The van der Waals surface area contributed by atoms with E-state index in [-0.39, 0.29) is 0 Å². The minimum absolute atomic E-state index is 0.479. The van der Waals surface area contributed by atoms with Crippen LogP contribution in [-0.2, 0) is 0 Å². The number of hydrogen-bond acceptors (Lipinski definition) is 1. The normalized spacial score (nSPS) is 16.3. The monoisotopic (exact) mass is 478 g/mol. The van der Waals surface area contributed by atoms with Crippen molar-refractivity contribution in [1.82, 2.24) is 0 Å². The van der Waals surface area contributed by atoms with E-state index in [0.717, 1.165) is 0 Å². The molecule has 0 saturated carbocycles. The molecule has 28 heavy (non-hydrogen) atoms. The molecule has 0 heterocycles. The maximum Gasteiger partial charge on any atom is 0.460 e. The quantitative estimate of drug-likeness (QED) is 0.288. The van der Waals surface area contributed by atoms with E-state index in [1.807, 2.05) is 0 Å². The lowest BCUT2D eigenvalue weighted by Gasteiger charge is -2.42. The second-order valence-corrected chi connectivity index (χ2v) is 5.35. The van der Waals surface area contributed by atoms with Crippen LogP contribution in [0, 0.1) is 0 Å². The summed E-state index contributed by atoms with van der Waals surface area (Å²) in [6, 6.07) is 0. The van der Waals surface area contributed by atoms with Crippen molar-refractivity contribution in [3.8, 4) is 0 Å². The Morgan fingerprint density at radius 3 is 0.929 bits per heavy atom. The SMILES string of the molecule is FC(F)(F)C(F)(F)C(F)(F)C(F)(F)C(F)(F)C(F)(F)C(F)(F)C(F)(F)CC=S. The van der Waals surface area contributed by atoms with Crippen LogP contribution in [0.1, 0.15) is 6.42 Å². The number of rotatable bonds is 8. The van der Waals surface area contributed by atoms with Crippen molar-refractivity contribution in [3.63, 3.8) is 0 Å². The molecule has 18 heteroatoms. The van der Waals surface area contributed by atoms with Crippen molar-refractivity contribution >= 4 is 17.6 Å². The predicted molar refractivity (Wildman–Crippen MR) is 59.0 cm³/mol.